The third kappa shape index (κ3) is 2.91. The number of rotatable bonds is 4. The second kappa shape index (κ2) is 6.24. The lowest BCUT2D eigenvalue weighted by atomic mass is 10.2. The van der Waals surface area contributed by atoms with E-state index in [9.17, 15) is 4.21 Å². The number of aromatic nitrogens is 2. The molecule has 0 spiro atoms. The summed E-state index contributed by atoms with van der Waals surface area (Å²) in [7, 11) is 1.44. The fraction of sp³-hybridized carbons (Fsp3) is 0.0667. The van der Waals surface area contributed by atoms with Gasteiger partial charge in [0.25, 0.3) is 5.88 Å². The number of nitrogens with zero attached hydrogens (tertiary/aromatic N) is 2. The highest BCUT2D eigenvalue weighted by Gasteiger charge is 2.18. The van der Waals surface area contributed by atoms with E-state index in [-0.39, 0.29) is 0 Å². The molecule has 0 aliphatic rings. The molecule has 2 aromatic carbocycles. The average molecular weight is 316 g/mol. The molecule has 1 atom stereocenters. The fourth-order valence-corrected chi connectivity index (χ4v) is 4.65. The van der Waals surface area contributed by atoms with Crippen LogP contribution in [0.3, 0.4) is 0 Å². The van der Waals surface area contributed by atoms with Crippen LogP contribution in [-0.2, 0) is 9.83 Å². The van der Waals surface area contributed by atoms with Crippen LogP contribution in [0, 0.1) is 0 Å². The van der Waals surface area contributed by atoms with E-state index in [1.165, 1.54) is 17.9 Å². The lowest BCUT2D eigenvalue weighted by molar-refractivity contribution is 0.382. The zero-order valence-corrected chi connectivity index (χ0v) is 12.9. The summed E-state index contributed by atoms with van der Waals surface area (Å²) < 4.78 is 18.0. The van der Waals surface area contributed by atoms with E-state index in [1.54, 1.807) is 0 Å². The van der Waals surface area contributed by atoms with Crippen LogP contribution in [0.5, 0.6) is 5.88 Å². The van der Waals surface area contributed by atoms with Crippen molar-refractivity contribution in [2.45, 2.75) is 9.79 Å². The summed E-state index contributed by atoms with van der Waals surface area (Å²) in [4.78, 5) is 1.50. The van der Waals surface area contributed by atoms with Crippen molar-refractivity contribution >= 4 is 31.5 Å². The minimum Gasteiger partial charge on any atom is -0.479 e. The Bertz CT molecular complexity index is 794. The smallest absolute Gasteiger partial charge is 0.251 e. The minimum atomic E-state index is -1.33. The van der Waals surface area contributed by atoms with Crippen LogP contribution >= 0.6 is 10.8 Å². The highest BCUT2D eigenvalue weighted by molar-refractivity contribution is 8.69. The van der Waals surface area contributed by atoms with Gasteiger partial charge in [0, 0.05) is 10.3 Å². The van der Waals surface area contributed by atoms with E-state index < -0.39 is 9.83 Å². The Balaban J connectivity index is 2.07. The zero-order chi connectivity index (χ0) is 14.7. The van der Waals surface area contributed by atoms with Crippen LogP contribution in [0.2, 0.25) is 0 Å². The third-order valence-electron chi connectivity index (χ3n) is 2.87. The van der Waals surface area contributed by atoms with Crippen molar-refractivity contribution in [3.63, 3.8) is 0 Å². The largest absolute Gasteiger partial charge is 0.479 e. The quantitative estimate of drug-likeness (QED) is 0.690. The van der Waals surface area contributed by atoms with Crippen molar-refractivity contribution in [3.05, 3.63) is 54.6 Å². The number of fused-ring (bicyclic) bond motifs is 1. The summed E-state index contributed by atoms with van der Waals surface area (Å²) in [6.07, 6.45) is 0. The van der Waals surface area contributed by atoms with Crippen LogP contribution < -0.4 is 4.74 Å². The van der Waals surface area contributed by atoms with Crippen molar-refractivity contribution in [2.75, 3.05) is 7.11 Å². The summed E-state index contributed by atoms with van der Waals surface area (Å²) in [6, 6.07) is 17.1. The van der Waals surface area contributed by atoms with Gasteiger partial charge in [-0.15, -0.1) is 10.2 Å². The molecule has 4 nitrogen and oxygen atoms in total. The summed E-state index contributed by atoms with van der Waals surface area (Å²) in [5, 5.41) is 8.89. The predicted molar refractivity (Wildman–Crippen MR) is 84.8 cm³/mol. The highest BCUT2D eigenvalue weighted by Crippen LogP contribution is 2.35. The van der Waals surface area contributed by atoms with Gasteiger partial charge in [-0.1, -0.05) is 36.4 Å². The number of methoxy groups -OCH3 is 1. The molecule has 0 aliphatic carbocycles. The normalized spacial score (nSPS) is 12.2. The monoisotopic (exact) mass is 316 g/mol. The number of ether oxygens (including phenoxy) is 1. The van der Waals surface area contributed by atoms with Crippen molar-refractivity contribution < 1.29 is 8.95 Å². The van der Waals surface area contributed by atoms with Crippen LogP contribution in [-0.4, -0.2) is 21.5 Å². The van der Waals surface area contributed by atoms with Gasteiger partial charge in [0.15, 0.2) is 0 Å². The Morgan fingerprint density at radius 1 is 1.00 bits per heavy atom. The maximum absolute atomic E-state index is 12.7. The number of hydrogen-bond donors (Lipinski definition) is 0. The van der Waals surface area contributed by atoms with E-state index in [4.69, 9.17) is 4.74 Å². The minimum absolute atomic E-state index is 0.301. The van der Waals surface area contributed by atoms with Crippen molar-refractivity contribution in [1.29, 1.82) is 0 Å². The molecule has 0 N–H and O–H groups in total. The van der Waals surface area contributed by atoms with E-state index in [2.05, 4.69) is 10.2 Å². The Morgan fingerprint density at radius 2 is 1.71 bits per heavy atom. The molecule has 1 unspecified atom stereocenters. The van der Waals surface area contributed by atoms with Gasteiger partial charge >= 0.3 is 0 Å². The van der Waals surface area contributed by atoms with E-state index in [0.717, 1.165) is 10.3 Å². The Kier molecular flexibility index (Phi) is 4.17. The molecule has 1 aromatic heterocycles. The standard InChI is InChI=1S/C15H12N2O2S2/c1-19-15-14(12-9-5-6-10-13(12)16-17-15)21(18)20-11-7-3-2-4-8-11/h2-10H,1H3. The number of hydrogen-bond acceptors (Lipinski definition) is 5. The lowest BCUT2D eigenvalue weighted by Crippen LogP contribution is -1.99. The maximum Gasteiger partial charge on any atom is 0.251 e. The average Bonchev–Trinajstić information content (AvgIpc) is 2.54. The van der Waals surface area contributed by atoms with Gasteiger partial charge in [-0.3, -0.25) is 0 Å². The van der Waals surface area contributed by atoms with Gasteiger partial charge in [0.1, 0.15) is 14.7 Å². The highest BCUT2D eigenvalue weighted by atomic mass is 33.1. The van der Waals surface area contributed by atoms with E-state index >= 15 is 0 Å². The van der Waals surface area contributed by atoms with Gasteiger partial charge in [0.05, 0.1) is 12.6 Å². The summed E-state index contributed by atoms with van der Waals surface area (Å²) >= 11 is 0. The third-order valence-corrected chi connectivity index (χ3v) is 5.74. The Hall–Kier alpha value is -1.92. The van der Waals surface area contributed by atoms with Crippen molar-refractivity contribution in [3.8, 4) is 5.88 Å². The topological polar surface area (TPSA) is 52.1 Å². The van der Waals surface area contributed by atoms with Crippen LogP contribution in [0.1, 0.15) is 0 Å². The van der Waals surface area contributed by atoms with Gasteiger partial charge in [-0.25, -0.2) is 4.21 Å². The molecule has 0 saturated carbocycles. The molecule has 0 bridgehead atoms. The molecule has 0 aliphatic heterocycles. The molecular formula is C15H12N2O2S2. The Labute approximate surface area is 128 Å². The molecular weight excluding hydrogens is 304 g/mol. The van der Waals surface area contributed by atoms with Crippen LogP contribution in [0.4, 0.5) is 0 Å². The molecule has 1 heterocycles. The molecule has 3 aromatic rings. The van der Waals surface area contributed by atoms with Gasteiger partial charge < -0.3 is 4.74 Å². The molecule has 106 valence electrons. The second-order valence-corrected chi connectivity index (χ2v) is 7.11. The molecule has 0 radical (unpaired) electrons. The summed E-state index contributed by atoms with van der Waals surface area (Å²) in [5.41, 5.74) is 0.704. The molecule has 3 rings (SSSR count). The maximum atomic E-state index is 12.7. The molecule has 0 fully saturated rings. The summed E-state index contributed by atoms with van der Waals surface area (Å²) in [5.74, 6) is 0.301. The van der Waals surface area contributed by atoms with Crippen molar-refractivity contribution in [2.24, 2.45) is 0 Å². The summed E-state index contributed by atoms with van der Waals surface area (Å²) in [6.45, 7) is 0. The SMILES string of the molecule is COc1nnc2ccccc2c1S(=O)Sc1ccccc1. The Morgan fingerprint density at radius 3 is 2.48 bits per heavy atom. The predicted octanol–water partition coefficient (Wildman–Crippen LogP) is 3.45. The lowest BCUT2D eigenvalue weighted by Gasteiger charge is -2.09. The van der Waals surface area contributed by atoms with Gasteiger partial charge in [0.2, 0.25) is 0 Å². The second-order valence-electron chi connectivity index (χ2n) is 4.19. The fourth-order valence-electron chi connectivity index (χ4n) is 1.91. The zero-order valence-electron chi connectivity index (χ0n) is 11.2. The van der Waals surface area contributed by atoms with Crippen LogP contribution in [0.15, 0.2) is 64.4 Å². The first-order valence-corrected chi connectivity index (χ1v) is 8.72. The first kappa shape index (κ1) is 14.0. The van der Waals surface area contributed by atoms with Gasteiger partial charge in [-0.05, 0) is 29.0 Å². The van der Waals surface area contributed by atoms with E-state index in [0.29, 0.717) is 16.3 Å². The molecule has 21 heavy (non-hydrogen) atoms. The molecule has 6 heteroatoms. The first-order chi connectivity index (χ1) is 10.3. The molecule has 0 saturated heterocycles. The van der Waals surface area contributed by atoms with E-state index in [1.807, 2.05) is 54.6 Å². The molecule has 0 amide bonds. The van der Waals surface area contributed by atoms with Gasteiger partial charge in [-0.2, -0.15) is 0 Å². The van der Waals surface area contributed by atoms with Crippen molar-refractivity contribution in [1.82, 2.24) is 10.2 Å². The number of benzene rings is 2. The van der Waals surface area contributed by atoms with Crippen LogP contribution in [0.25, 0.3) is 10.9 Å². The first-order valence-electron chi connectivity index (χ1n) is 6.24.